The van der Waals surface area contributed by atoms with Gasteiger partial charge in [0, 0.05) is 31.7 Å². The van der Waals surface area contributed by atoms with E-state index in [9.17, 15) is 9.59 Å². The summed E-state index contributed by atoms with van der Waals surface area (Å²) >= 11 is 0. The first-order valence-corrected chi connectivity index (χ1v) is 15.5. The number of nitrogens with zero attached hydrogens (tertiary/aromatic N) is 4. The standard InChI is InChI=1S/C31H45N5O3/c1-2-39-28(37)19-32-24-15-17-35(20-24)30-31(38)36(27-13-9-8-12-26(27)33-30)25-18-23-14-16-34(21-25)29(23)22-10-6-4-3-5-7-11-22/h8-9,12-13,22-25,29,32H,2-7,10-11,14-21H2,1H3. The van der Waals surface area contributed by atoms with Crippen LogP contribution in [0.2, 0.25) is 0 Å². The topological polar surface area (TPSA) is 79.7 Å². The maximum absolute atomic E-state index is 14.2. The predicted molar refractivity (Wildman–Crippen MR) is 154 cm³/mol. The number of rotatable bonds is 7. The maximum Gasteiger partial charge on any atom is 0.319 e. The van der Waals surface area contributed by atoms with Crippen LogP contribution in [0.4, 0.5) is 5.82 Å². The lowest BCUT2D eigenvalue weighted by atomic mass is 9.76. The highest BCUT2D eigenvalue weighted by atomic mass is 16.5. The molecular weight excluding hydrogens is 490 g/mol. The quantitative estimate of drug-likeness (QED) is 0.534. The molecule has 3 aliphatic heterocycles. The number of carbonyl (C=O) groups is 1. The Bertz CT molecular complexity index is 1190. The van der Waals surface area contributed by atoms with Crippen molar-refractivity contribution < 1.29 is 9.53 Å². The van der Waals surface area contributed by atoms with Crippen LogP contribution in [0.1, 0.15) is 77.2 Å². The lowest BCUT2D eigenvalue weighted by Crippen LogP contribution is -2.48. The Morgan fingerprint density at radius 2 is 1.79 bits per heavy atom. The Balaban J connectivity index is 1.23. The van der Waals surface area contributed by atoms with Gasteiger partial charge in [0.25, 0.3) is 5.56 Å². The van der Waals surface area contributed by atoms with Gasteiger partial charge in [0.15, 0.2) is 5.82 Å². The molecule has 8 nitrogen and oxygen atoms in total. The van der Waals surface area contributed by atoms with Crippen LogP contribution in [0.3, 0.4) is 0 Å². The van der Waals surface area contributed by atoms with E-state index in [1.807, 2.05) is 25.1 Å². The van der Waals surface area contributed by atoms with Crippen LogP contribution in [-0.2, 0) is 9.53 Å². The van der Waals surface area contributed by atoms with Crippen LogP contribution in [0.15, 0.2) is 29.1 Å². The van der Waals surface area contributed by atoms with Gasteiger partial charge >= 0.3 is 5.97 Å². The largest absolute Gasteiger partial charge is 0.465 e. The average Bonchev–Trinajstić information content (AvgIpc) is 3.49. The molecule has 3 saturated heterocycles. The summed E-state index contributed by atoms with van der Waals surface area (Å²) in [4.78, 5) is 35.7. The Labute approximate surface area is 232 Å². The second-order valence-corrected chi connectivity index (χ2v) is 12.2. The average molecular weight is 536 g/mol. The second-order valence-electron chi connectivity index (χ2n) is 12.2. The third kappa shape index (κ3) is 5.60. The van der Waals surface area contributed by atoms with Gasteiger partial charge in [-0.1, -0.05) is 44.2 Å². The van der Waals surface area contributed by atoms with Crippen molar-refractivity contribution in [1.82, 2.24) is 19.8 Å². The molecule has 0 amide bonds. The number of benzene rings is 1. The zero-order valence-corrected chi connectivity index (χ0v) is 23.5. The number of piperidine rings is 1. The number of nitrogens with one attached hydrogen (secondary N) is 1. The lowest BCUT2D eigenvalue weighted by molar-refractivity contribution is -0.142. The Hall–Kier alpha value is -2.45. The molecule has 6 rings (SSSR count). The molecule has 5 unspecified atom stereocenters. The van der Waals surface area contributed by atoms with Crippen LogP contribution in [0.5, 0.6) is 0 Å². The first-order valence-electron chi connectivity index (χ1n) is 15.5. The molecule has 212 valence electrons. The molecule has 5 atom stereocenters. The van der Waals surface area contributed by atoms with E-state index < -0.39 is 0 Å². The van der Waals surface area contributed by atoms with Gasteiger partial charge in [-0.05, 0) is 69.5 Å². The first-order chi connectivity index (χ1) is 19.1. The number of esters is 1. The number of anilines is 1. The van der Waals surface area contributed by atoms with Gasteiger partial charge in [0.2, 0.25) is 0 Å². The Morgan fingerprint density at radius 3 is 2.59 bits per heavy atom. The zero-order valence-electron chi connectivity index (χ0n) is 23.5. The third-order valence-electron chi connectivity index (χ3n) is 9.82. The number of hydrogen-bond acceptors (Lipinski definition) is 7. The molecule has 8 heteroatoms. The van der Waals surface area contributed by atoms with Crippen LogP contribution in [0, 0.1) is 11.8 Å². The number of fused-ring (bicyclic) bond motifs is 3. The van der Waals surface area contributed by atoms with Gasteiger partial charge in [-0.2, -0.15) is 0 Å². The van der Waals surface area contributed by atoms with Gasteiger partial charge in [0.1, 0.15) is 0 Å². The van der Waals surface area contributed by atoms with E-state index in [0.29, 0.717) is 30.9 Å². The molecule has 1 aromatic carbocycles. The fourth-order valence-electron chi connectivity index (χ4n) is 8.08. The Morgan fingerprint density at radius 1 is 1.00 bits per heavy atom. The number of carbonyl (C=O) groups excluding carboxylic acids is 1. The van der Waals surface area contributed by atoms with E-state index in [1.54, 1.807) is 0 Å². The lowest BCUT2D eigenvalue weighted by Gasteiger charge is -2.43. The molecule has 1 aliphatic carbocycles. The Kier molecular flexibility index (Phi) is 8.21. The molecule has 1 N–H and O–H groups in total. The monoisotopic (exact) mass is 535 g/mol. The molecule has 1 aromatic heterocycles. The van der Waals surface area contributed by atoms with E-state index in [4.69, 9.17) is 9.72 Å². The van der Waals surface area contributed by atoms with E-state index >= 15 is 0 Å². The van der Waals surface area contributed by atoms with E-state index in [0.717, 1.165) is 42.9 Å². The molecule has 4 fully saturated rings. The molecule has 2 aromatic rings. The van der Waals surface area contributed by atoms with Gasteiger partial charge in [-0.3, -0.25) is 19.1 Å². The minimum absolute atomic E-state index is 0.0368. The fourth-order valence-corrected chi connectivity index (χ4v) is 8.08. The van der Waals surface area contributed by atoms with Crippen molar-refractivity contribution in [3.8, 4) is 0 Å². The highest BCUT2D eigenvalue weighted by Gasteiger charge is 2.45. The minimum Gasteiger partial charge on any atom is -0.465 e. The van der Waals surface area contributed by atoms with E-state index in [-0.39, 0.29) is 30.2 Å². The van der Waals surface area contributed by atoms with Crippen molar-refractivity contribution in [3.63, 3.8) is 0 Å². The fraction of sp³-hybridized carbons (Fsp3) is 0.710. The van der Waals surface area contributed by atoms with Gasteiger partial charge in [-0.25, -0.2) is 4.98 Å². The molecule has 2 bridgehead atoms. The number of hydrogen-bond donors (Lipinski definition) is 1. The van der Waals surface area contributed by atoms with Crippen molar-refractivity contribution in [2.24, 2.45) is 11.8 Å². The summed E-state index contributed by atoms with van der Waals surface area (Å²) in [5, 5.41) is 3.31. The van der Waals surface area contributed by atoms with E-state index in [1.165, 1.54) is 57.9 Å². The molecular formula is C31H45N5O3. The molecule has 4 heterocycles. The SMILES string of the molecule is CCOC(=O)CNC1CCN(c2nc3ccccc3n(C3CC4CCN(C3)C4C3CCCCCCC3)c2=O)C1. The van der Waals surface area contributed by atoms with Crippen LogP contribution in [0.25, 0.3) is 11.0 Å². The normalized spacial score (nSPS) is 29.9. The van der Waals surface area contributed by atoms with Crippen molar-refractivity contribution in [2.45, 2.75) is 89.3 Å². The summed E-state index contributed by atoms with van der Waals surface area (Å²) < 4.78 is 7.15. The highest BCUT2D eigenvalue weighted by Crippen LogP contribution is 2.44. The number of para-hydroxylation sites is 2. The molecule has 39 heavy (non-hydrogen) atoms. The molecule has 1 saturated carbocycles. The van der Waals surface area contributed by atoms with Crippen molar-refractivity contribution in [3.05, 3.63) is 34.6 Å². The zero-order chi connectivity index (χ0) is 26.8. The smallest absolute Gasteiger partial charge is 0.319 e. The third-order valence-corrected chi connectivity index (χ3v) is 9.82. The summed E-state index contributed by atoms with van der Waals surface area (Å²) in [7, 11) is 0. The van der Waals surface area contributed by atoms with E-state index in [2.05, 4.69) is 25.8 Å². The summed E-state index contributed by atoms with van der Waals surface area (Å²) in [6.07, 6.45) is 13.0. The molecule has 0 spiro atoms. The van der Waals surface area contributed by atoms with Crippen molar-refractivity contribution >= 4 is 22.8 Å². The van der Waals surface area contributed by atoms with Crippen molar-refractivity contribution in [1.29, 1.82) is 0 Å². The number of ether oxygens (including phenoxy) is 1. The van der Waals surface area contributed by atoms with Gasteiger partial charge in [-0.15, -0.1) is 0 Å². The summed E-state index contributed by atoms with van der Waals surface area (Å²) in [6.45, 7) is 5.97. The summed E-state index contributed by atoms with van der Waals surface area (Å²) in [6, 6.07) is 9.17. The first kappa shape index (κ1) is 26.8. The summed E-state index contributed by atoms with van der Waals surface area (Å²) in [5.41, 5.74) is 1.88. The summed E-state index contributed by atoms with van der Waals surface area (Å²) in [5.74, 6) is 1.82. The van der Waals surface area contributed by atoms with Crippen LogP contribution < -0.4 is 15.8 Å². The molecule has 0 radical (unpaired) electrons. The van der Waals surface area contributed by atoms with Gasteiger partial charge in [0.05, 0.1) is 30.2 Å². The van der Waals surface area contributed by atoms with Crippen LogP contribution >= 0.6 is 0 Å². The maximum atomic E-state index is 14.2. The minimum atomic E-state index is -0.234. The van der Waals surface area contributed by atoms with Crippen molar-refractivity contribution in [2.75, 3.05) is 44.2 Å². The number of aromatic nitrogens is 2. The second kappa shape index (κ2) is 12.0. The molecule has 4 aliphatic rings. The van der Waals surface area contributed by atoms with Gasteiger partial charge < -0.3 is 15.0 Å². The highest BCUT2D eigenvalue weighted by molar-refractivity contribution is 5.76. The predicted octanol–water partition coefficient (Wildman–Crippen LogP) is 4.12. The van der Waals surface area contributed by atoms with Crippen LogP contribution in [-0.4, -0.2) is 71.8 Å².